The normalized spacial score (nSPS) is 15.6. The van der Waals surface area contributed by atoms with Gasteiger partial charge in [0.15, 0.2) is 22.8 Å². The molecule has 0 unspecified atom stereocenters. The Morgan fingerprint density at radius 3 is 2.70 bits per heavy atom. The number of carbonyl (C=O) groups excluding carboxylic acids is 1. The fourth-order valence-corrected chi connectivity index (χ4v) is 3.46. The summed E-state index contributed by atoms with van der Waals surface area (Å²) in [7, 11) is 0. The molecular weight excluding hydrogens is 385 g/mol. The van der Waals surface area contributed by atoms with Crippen molar-refractivity contribution in [1.82, 2.24) is 19.9 Å². The highest BCUT2D eigenvalue weighted by atomic mass is 35.5. The number of alkyl halides is 3. The summed E-state index contributed by atoms with van der Waals surface area (Å²) in [6.07, 6.45) is 0.243. The topological polar surface area (TPSA) is 72.4 Å². The highest BCUT2D eigenvalue weighted by molar-refractivity contribution is 6.36. The number of nitrogens with one attached hydrogen (secondary N) is 1. The lowest BCUT2D eigenvalue weighted by Crippen LogP contribution is -2.33. The molecule has 0 bridgehead atoms. The van der Waals surface area contributed by atoms with Gasteiger partial charge < -0.3 is 9.73 Å². The lowest BCUT2D eigenvalue weighted by atomic mass is 10.2. The Morgan fingerprint density at radius 2 is 2.07 bits per heavy atom. The number of hydrogen-bond donors (Lipinski definition) is 1. The van der Waals surface area contributed by atoms with Gasteiger partial charge in [0.2, 0.25) is 0 Å². The van der Waals surface area contributed by atoms with Crippen LogP contribution in [0.3, 0.4) is 0 Å². The third-order valence-corrected chi connectivity index (χ3v) is 4.85. The lowest BCUT2D eigenvalue weighted by molar-refractivity contribution is -0.142. The fraction of sp³-hybridized carbons (Fsp3) is 0.353. The quantitative estimate of drug-likeness (QED) is 0.712. The van der Waals surface area contributed by atoms with E-state index in [-0.39, 0.29) is 33.9 Å². The minimum Gasteiger partial charge on any atom is -0.463 e. The summed E-state index contributed by atoms with van der Waals surface area (Å²) in [5, 5.41) is 6.34. The van der Waals surface area contributed by atoms with Crippen LogP contribution in [0.15, 0.2) is 28.9 Å². The summed E-state index contributed by atoms with van der Waals surface area (Å²) >= 11 is 6.19. The zero-order valence-electron chi connectivity index (χ0n) is 13.9. The van der Waals surface area contributed by atoms with Gasteiger partial charge in [-0.15, -0.1) is 0 Å². The largest absolute Gasteiger partial charge is 0.463 e. The fourth-order valence-electron chi connectivity index (χ4n) is 3.21. The number of aromatic nitrogens is 3. The van der Waals surface area contributed by atoms with Gasteiger partial charge in [-0.3, -0.25) is 4.79 Å². The SMILES string of the molecule is O=C(NC1CCCC1)c1nn2c(C(F)(F)F)cc(-c3ccco3)nc2c1Cl. The van der Waals surface area contributed by atoms with Crippen molar-refractivity contribution in [3.8, 4) is 11.5 Å². The van der Waals surface area contributed by atoms with E-state index in [1.807, 2.05) is 0 Å². The van der Waals surface area contributed by atoms with E-state index in [1.165, 1.54) is 18.4 Å². The highest BCUT2D eigenvalue weighted by Gasteiger charge is 2.37. The predicted molar refractivity (Wildman–Crippen MR) is 90.4 cm³/mol. The number of rotatable bonds is 3. The summed E-state index contributed by atoms with van der Waals surface area (Å²) < 4.78 is 46.3. The molecule has 3 heterocycles. The maximum absolute atomic E-state index is 13.5. The Morgan fingerprint density at radius 1 is 1.33 bits per heavy atom. The Kier molecular flexibility index (Phi) is 4.33. The van der Waals surface area contributed by atoms with Gasteiger partial charge in [-0.05, 0) is 31.0 Å². The molecule has 1 aliphatic carbocycles. The molecule has 0 aliphatic heterocycles. The molecule has 6 nitrogen and oxygen atoms in total. The molecule has 142 valence electrons. The van der Waals surface area contributed by atoms with E-state index >= 15 is 0 Å². The number of halogens is 4. The Bertz CT molecular complexity index is 992. The number of furan rings is 1. The van der Waals surface area contributed by atoms with Crippen molar-refractivity contribution < 1.29 is 22.4 Å². The van der Waals surface area contributed by atoms with E-state index in [9.17, 15) is 18.0 Å². The van der Waals surface area contributed by atoms with Crippen LogP contribution in [0.1, 0.15) is 41.9 Å². The van der Waals surface area contributed by atoms with E-state index in [1.54, 1.807) is 0 Å². The molecule has 0 spiro atoms. The Hall–Kier alpha value is -2.55. The van der Waals surface area contributed by atoms with Crippen LogP contribution in [0.5, 0.6) is 0 Å². The van der Waals surface area contributed by atoms with Crippen LogP contribution in [0.25, 0.3) is 17.1 Å². The molecule has 0 atom stereocenters. The first-order valence-corrected chi connectivity index (χ1v) is 8.73. The third kappa shape index (κ3) is 3.27. The first-order valence-electron chi connectivity index (χ1n) is 8.36. The zero-order chi connectivity index (χ0) is 19.2. The van der Waals surface area contributed by atoms with Gasteiger partial charge in [0.25, 0.3) is 5.91 Å². The molecule has 1 N–H and O–H groups in total. The number of hydrogen-bond acceptors (Lipinski definition) is 4. The summed E-state index contributed by atoms with van der Waals surface area (Å²) in [4.78, 5) is 16.6. The molecule has 1 aliphatic rings. The lowest BCUT2D eigenvalue weighted by Gasteiger charge is -2.10. The number of carbonyl (C=O) groups is 1. The summed E-state index contributed by atoms with van der Waals surface area (Å²) in [6.45, 7) is 0. The van der Waals surface area contributed by atoms with Crippen LogP contribution in [-0.2, 0) is 6.18 Å². The smallest absolute Gasteiger partial charge is 0.433 e. The van der Waals surface area contributed by atoms with Gasteiger partial charge in [-0.2, -0.15) is 18.3 Å². The van der Waals surface area contributed by atoms with Crippen molar-refractivity contribution >= 4 is 23.2 Å². The molecule has 0 aromatic carbocycles. The van der Waals surface area contributed by atoms with E-state index < -0.39 is 17.8 Å². The summed E-state index contributed by atoms with van der Waals surface area (Å²) in [5.41, 5.74) is -1.68. The molecule has 4 rings (SSSR count). The Labute approximate surface area is 156 Å². The van der Waals surface area contributed by atoms with Gasteiger partial charge in [0, 0.05) is 6.04 Å². The van der Waals surface area contributed by atoms with Crippen LogP contribution in [-0.4, -0.2) is 26.5 Å². The number of fused-ring (bicyclic) bond motifs is 1. The zero-order valence-corrected chi connectivity index (χ0v) is 14.6. The van der Waals surface area contributed by atoms with E-state index in [0.29, 0.717) is 4.52 Å². The maximum atomic E-state index is 13.5. The maximum Gasteiger partial charge on any atom is 0.433 e. The summed E-state index contributed by atoms with van der Waals surface area (Å²) in [5.74, 6) is -0.456. The van der Waals surface area contributed by atoms with Gasteiger partial charge in [-0.25, -0.2) is 9.50 Å². The van der Waals surface area contributed by atoms with E-state index in [4.69, 9.17) is 16.0 Å². The van der Waals surface area contributed by atoms with Crippen molar-refractivity contribution in [3.05, 3.63) is 40.9 Å². The van der Waals surface area contributed by atoms with Crippen molar-refractivity contribution in [2.75, 3.05) is 0 Å². The molecule has 1 saturated carbocycles. The van der Waals surface area contributed by atoms with Gasteiger partial charge in [0.05, 0.1) is 6.26 Å². The van der Waals surface area contributed by atoms with Gasteiger partial charge in [-0.1, -0.05) is 24.4 Å². The van der Waals surface area contributed by atoms with E-state index in [2.05, 4.69) is 15.4 Å². The highest BCUT2D eigenvalue weighted by Crippen LogP contribution is 2.34. The Balaban J connectivity index is 1.83. The van der Waals surface area contributed by atoms with Crippen LogP contribution < -0.4 is 5.32 Å². The second-order valence-electron chi connectivity index (χ2n) is 6.35. The second kappa shape index (κ2) is 6.56. The van der Waals surface area contributed by atoms with Crippen LogP contribution in [0.2, 0.25) is 5.02 Å². The molecule has 3 aromatic rings. The standard InChI is InChI=1S/C17H14ClF3N4O2/c18-13-14(16(26)22-9-4-1-2-5-9)24-25-12(17(19,20)21)8-10(23-15(13)25)11-6-3-7-27-11/h3,6-9H,1-2,4-5H2,(H,22,26). The second-order valence-corrected chi connectivity index (χ2v) is 6.73. The molecule has 3 aromatic heterocycles. The molecule has 27 heavy (non-hydrogen) atoms. The molecule has 0 radical (unpaired) electrons. The van der Waals surface area contributed by atoms with Crippen molar-refractivity contribution in [1.29, 1.82) is 0 Å². The van der Waals surface area contributed by atoms with Gasteiger partial charge in [0.1, 0.15) is 10.7 Å². The van der Waals surface area contributed by atoms with Crippen molar-refractivity contribution in [2.24, 2.45) is 0 Å². The number of nitrogens with zero attached hydrogens (tertiary/aromatic N) is 3. The number of amides is 1. The van der Waals surface area contributed by atoms with Crippen molar-refractivity contribution in [3.63, 3.8) is 0 Å². The minimum absolute atomic E-state index is 0.0212. The van der Waals surface area contributed by atoms with Crippen molar-refractivity contribution in [2.45, 2.75) is 37.9 Å². The molecule has 1 amide bonds. The monoisotopic (exact) mass is 398 g/mol. The first kappa shape index (κ1) is 17.8. The van der Waals surface area contributed by atoms with Crippen LogP contribution in [0, 0.1) is 0 Å². The third-order valence-electron chi connectivity index (χ3n) is 4.50. The first-order chi connectivity index (χ1) is 12.8. The molecular formula is C17H14ClF3N4O2. The summed E-state index contributed by atoms with van der Waals surface area (Å²) in [6, 6.07) is 3.81. The minimum atomic E-state index is -4.73. The molecule has 0 saturated heterocycles. The average molecular weight is 399 g/mol. The molecule has 1 fully saturated rings. The van der Waals surface area contributed by atoms with E-state index in [0.717, 1.165) is 31.7 Å². The van der Waals surface area contributed by atoms with Crippen LogP contribution >= 0.6 is 11.6 Å². The molecule has 10 heteroatoms. The predicted octanol–water partition coefficient (Wildman–Crippen LogP) is 4.33. The van der Waals surface area contributed by atoms with Gasteiger partial charge >= 0.3 is 6.18 Å². The average Bonchev–Trinajstić information content (AvgIpc) is 3.35. The van der Waals surface area contributed by atoms with Crippen LogP contribution in [0.4, 0.5) is 13.2 Å².